The van der Waals surface area contributed by atoms with Crippen LogP contribution < -0.4 is 5.73 Å². The van der Waals surface area contributed by atoms with Gasteiger partial charge in [-0.25, -0.2) is 4.57 Å². The van der Waals surface area contributed by atoms with E-state index >= 15 is 0 Å². The molecule has 0 amide bonds. The molecule has 4 N–H and O–H groups in total. The molecular formula is C47H92NO9P. The molecule has 0 aromatic heterocycles. The lowest BCUT2D eigenvalue weighted by Crippen LogP contribution is -2.34. The molecule has 0 aromatic rings. The standard InChI is InChI=1S/C47H92NO9P/c1-3-5-7-9-11-13-15-17-18-19-20-21-22-23-24-25-26-27-29-31-33-35-37-39-46(49)57-44(42-55-58(52,53)56-43-45(48)47(50)51)41-54-40-38-36-34-32-30-28-16-14-12-10-8-6-4-2/h12,14,44-45H,3-11,13,15-43,48H2,1-2H3,(H,50,51)(H,52,53)/b14-12-. The molecule has 0 heterocycles. The molecule has 0 fully saturated rings. The first kappa shape index (κ1) is 56.7. The number of phosphoric acid groups is 1. The Labute approximate surface area is 356 Å². The number of hydrogen-bond donors (Lipinski definition) is 3. The van der Waals surface area contributed by atoms with Crippen molar-refractivity contribution in [3.8, 4) is 0 Å². The second-order valence-electron chi connectivity index (χ2n) is 16.6. The third-order valence-corrected chi connectivity index (χ3v) is 11.7. The van der Waals surface area contributed by atoms with Gasteiger partial charge in [0.2, 0.25) is 0 Å². The summed E-state index contributed by atoms with van der Waals surface area (Å²) in [6.45, 7) is 3.89. The van der Waals surface area contributed by atoms with Crippen LogP contribution >= 0.6 is 7.82 Å². The van der Waals surface area contributed by atoms with Gasteiger partial charge in [-0.1, -0.05) is 206 Å². The first-order chi connectivity index (χ1) is 28.2. The molecule has 0 saturated carbocycles. The lowest BCUT2D eigenvalue weighted by atomic mass is 10.0. The van der Waals surface area contributed by atoms with E-state index in [1.54, 1.807) is 0 Å². The monoisotopic (exact) mass is 846 g/mol. The Morgan fingerprint density at radius 3 is 1.34 bits per heavy atom. The van der Waals surface area contributed by atoms with E-state index in [4.69, 9.17) is 29.4 Å². The molecule has 0 aliphatic carbocycles. The number of carbonyl (C=O) groups is 2. The van der Waals surface area contributed by atoms with Crippen molar-refractivity contribution < 1.29 is 42.7 Å². The normalized spacial score (nSPS) is 13.9. The van der Waals surface area contributed by atoms with Crippen LogP contribution in [-0.2, 0) is 32.7 Å². The van der Waals surface area contributed by atoms with Gasteiger partial charge in [-0.05, 0) is 38.5 Å². The van der Waals surface area contributed by atoms with E-state index in [-0.39, 0.29) is 13.0 Å². The third kappa shape index (κ3) is 42.8. The van der Waals surface area contributed by atoms with Gasteiger partial charge in [-0.15, -0.1) is 0 Å². The summed E-state index contributed by atoms with van der Waals surface area (Å²) in [5.41, 5.74) is 5.36. The summed E-state index contributed by atoms with van der Waals surface area (Å²) < 4.78 is 33.4. The zero-order chi connectivity index (χ0) is 42.6. The van der Waals surface area contributed by atoms with E-state index < -0.39 is 45.1 Å². The lowest BCUT2D eigenvalue weighted by molar-refractivity contribution is -0.154. The van der Waals surface area contributed by atoms with Crippen LogP contribution in [-0.4, -0.2) is 60.5 Å². The average Bonchev–Trinajstić information content (AvgIpc) is 3.20. The van der Waals surface area contributed by atoms with Crippen molar-refractivity contribution in [2.24, 2.45) is 5.73 Å². The molecule has 0 aromatic carbocycles. The maximum absolute atomic E-state index is 12.7. The minimum absolute atomic E-state index is 0.0182. The van der Waals surface area contributed by atoms with Crippen molar-refractivity contribution >= 4 is 19.8 Å². The number of carboxylic acids is 1. The largest absolute Gasteiger partial charge is 0.480 e. The molecule has 0 rings (SSSR count). The first-order valence-corrected chi connectivity index (χ1v) is 25.7. The zero-order valence-electron chi connectivity index (χ0n) is 37.7. The van der Waals surface area contributed by atoms with Crippen LogP contribution in [0.2, 0.25) is 0 Å². The van der Waals surface area contributed by atoms with Crippen LogP contribution in [0, 0.1) is 0 Å². The number of nitrogens with two attached hydrogens (primary N) is 1. The summed E-state index contributed by atoms with van der Waals surface area (Å²) in [4.78, 5) is 33.6. The Morgan fingerprint density at radius 1 is 0.534 bits per heavy atom. The van der Waals surface area contributed by atoms with Gasteiger partial charge in [-0.3, -0.25) is 18.6 Å². The predicted molar refractivity (Wildman–Crippen MR) is 240 cm³/mol. The van der Waals surface area contributed by atoms with Crippen LogP contribution in [0.25, 0.3) is 0 Å². The molecule has 0 radical (unpaired) electrons. The minimum atomic E-state index is -4.61. The SMILES string of the molecule is CCCCC/C=C\CCCCCCCCOCC(COP(=O)(O)OCC(N)C(=O)O)OC(=O)CCCCCCCCCCCCCCCCCCCCCCCCC. The number of ether oxygens (including phenoxy) is 2. The molecule has 11 heteroatoms. The fourth-order valence-electron chi connectivity index (χ4n) is 7.01. The molecule has 3 unspecified atom stereocenters. The van der Waals surface area contributed by atoms with E-state index in [1.165, 1.54) is 173 Å². The highest BCUT2D eigenvalue weighted by atomic mass is 31.2. The summed E-state index contributed by atoms with van der Waals surface area (Å²) >= 11 is 0. The maximum Gasteiger partial charge on any atom is 0.472 e. The molecule has 344 valence electrons. The maximum atomic E-state index is 12.7. The van der Waals surface area contributed by atoms with Crippen molar-refractivity contribution in [2.45, 2.75) is 251 Å². The molecule has 0 saturated heterocycles. The van der Waals surface area contributed by atoms with Gasteiger partial charge in [0.1, 0.15) is 12.1 Å². The predicted octanol–water partition coefficient (Wildman–Crippen LogP) is 13.7. The minimum Gasteiger partial charge on any atom is -0.480 e. The number of hydrogen-bond acceptors (Lipinski definition) is 8. The van der Waals surface area contributed by atoms with Crippen molar-refractivity contribution in [1.82, 2.24) is 0 Å². The summed E-state index contributed by atoms with van der Waals surface area (Å²) in [7, 11) is -4.61. The summed E-state index contributed by atoms with van der Waals surface area (Å²) in [5, 5.41) is 8.90. The highest BCUT2D eigenvalue weighted by Crippen LogP contribution is 2.43. The topological polar surface area (TPSA) is 155 Å². The van der Waals surface area contributed by atoms with Gasteiger partial charge in [0.15, 0.2) is 0 Å². The second kappa shape index (κ2) is 43.8. The molecule has 58 heavy (non-hydrogen) atoms. The quantitative estimate of drug-likeness (QED) is 0.0233. The number of unbranched alkanes of at least 4 members (excludes halogenated alkanes) is 31. The van der Waals surface area contributed by atoms with Gasteiger partial charge in [0, 0.05) is 13.0 Å². The Morgan fingerprint density at radius 2 is 0.897 bits per heavy atom. The van der Waals surface area contributed by atoms with Gasteiger partial charge < -0.3 is 25.2 Å². The number of carboxylic acid groups (broad SMARTS) is 1. The molecule has 10 nitrogen and oxygen atoms in total. The van der Waals surface area contributed by atoms with E-state index in [0.717, 1.165) is 44.9 Å². The smallest absolute Gasteiger partial charge is 0.472 e. The summed E-state index contributed by atoms with van der Waals surface area (Å²) in [5.74, 6) is -1.77. The Bertz CT molecular complexity index is 982. The van der Waals surface area contributed by atoms with Gasteiger partial charge >= 0.3 is 19.8 Å². The van der Waals surface area contributed by atoms with Crippen molar-refractivity contribution in [2.75, 3.05) is 26.4 Å². The zero-order valence-corrected chi connectivity index (χ0v) is 38.6. The summed E-state index contributed by atoms with van der Waals surface area (Å²) in [6, 6.07) is -1.47. The number of esters is 1. The Hall–Kier alpha value is -1.29. The van der Waals surface area contributed by atoms with Crippen LogP contribution in [0.4, 0.5) is 0 Å². The molecular weight excluding hydrogens is 753 g/mol. The Balaban J connectivity index is 4.07. The Kier molecular flexibility index (Phi) is 42.8. The fraction of sp³-hybridized carbons (Fsp3) is 0.915. The van der Waals surface area contributed by atoms with Crippen LogP contribution in [0.3, 0.4) is 0 Å². The van der Waals surface area contributed by atoms with E-state index in [1.807, 2.05) is 0 Å². The number of allylic oxidation sites excluding steroid dienone is 2. The van der Waals surface area contributed by atoms with Gasteiger partial charge in [0.25, 0.3) is 0 Å². The molecule has 0 bridgehead atoms. The number of rotatable bonds is 47. The van der Waals surface area contributed by atoms with E-state index in [2.05, 4.69) is 26.0 Å². The third-order valence-electron chi connectivity index (χ3n) is 10.8. The van der Waals surface area contributed by atoms with Gasteiger partial charge in [-0.2, -0.15) is 0 Å². The highest BCUT2D eigenvalue weighted by Gasteiger charge is 2.27. The molecule has 0 spiro atoms. The molecule has 3 atom stereocenters. The van der Waals surface area contributed by atoms with Crippen LogP contribution in [0.1, 0.15) is 239 Å². The number of aliphatic carboxylic acids is 1. The summed E-state index contributed by atoms with van der Waals surface area (Å²) in [6.07, 6.45) is 47.0. The number of phosphoric ester groups is 1. The van der Waals surface area contributed by atoms with E-state index in [0.29, 0.717) is 6.61 Å². The average molecular weight is 846 g/mol. The lowest BCUT2D eigenvalue weighted by Gasteiger charge is -2.20. The molecule has 0 aliphatic rings. The highest BCUT2D eigenvalue weighted by molar-refractivity contribution is 7.47. The van der Waals surface area contributed by atoms with Crippen molar-refractivity contribution in [3.63, 3.8) is 0 Å². The molecule has 0 aliphatic heterocycles. The van der Waals surface area contributed by atoms with Crippen molar-refractivity contribution in [3.05, 3.63) is 12.2 Å². The van der Waals surface area contributed by atoms with E-state index in [9.17, 15) is 19.0 Å². The van der Waals surface area contributed by atoms with Crippen LogP contribution in [0.5, 0.6) is 0 Å². The van der Waals surface area contributed by atoms with Crippen molar-refractivity contribution in [1.29, 1.82) is 0 Å². The first-order valence-electron chi connectivity index (χ1n) is 24.2. The number of carbonyl (C=O) groups excluding carboxylic acids is 1. The fourth-order valence-corrected chi connectivity index (χ4v) is 7.79. The second-order valence-corrected chi connectivity index (χ2v) is 18.1. The van der Waals surface area contributed by atoms with Crippen LogP contribution in [0.15, 0.2) is 12.2 Å². The van der Waals surface area contributed by atoms with Gasteiger partial charge in [0.05, 0.1) is 19.8 Å².